The van der Waals surface area contributed by atoms with Crippen LogP contribution in [-0.4, -0.2) is 24.2 Å². The molecular weight excluding hydrogens is 228 g/mol. The summed E-state index contributed by atoms with van der Waals surface area (Å²) in [6.45, 7) is 2.96. The second-order valence-corrected chi connectivity index (χ2v) is 5.03. The lowest BCUT2D eigenvalue weighted by Gasteiger charge is -2.28. The molecule has 0 spiro atoms. The van der Waals surface area contributed by atoms with Gasteiger partial charge in [0.05, 0.1) is 6.54 Å². The molecule has 0 aliphatic heterocycles. The van der Waals surface area contributed by atoms with Crippen LogP contribution in [0.25, 0.3) is 0 Å². The number of hydrogen-bond donors (Lipinski definition) is 2. The molecule has 0 saturated heterocycles. The average molecular weight is 250 g/mol. The molecule has 2 N–H and O–H groups in total. The van der Waals surface area contributed by atoms with Crippen LogP contribution in [0.1, 0.15) is 38.3 Å². The van der Waals surface area contributed by atoms with Crippen molar-refractivity contribution >= 4 is 5.96 Å². The minimum Gasteiger partial charge on any atom is -0.364 e. The molecular formula is C13H22N4O. The number of guanidine groups is 1. The number of aliphatic imine (C=N–C) groups is 1. The molecule has 1 saturated carbocycles. The van der Waals surface area contributed by atoms with Crippen LogP contribution >= 0.6 is 0 Å². The van der Waals surface area contributed by atoms with E-state index in [1.807, 2.05) is 6.07 Å². The molecule has 1 aliphatic carbocycles. The Bertz CT molecular complexity index is 374. The quantitative estimate of drug-likeness (QED) is 0.635. The summed E-state index contributed by atoms with van der Waals surface area (Å²) in [5.74, 6) is 1.65. The summed E-state index contributed by atoms with van der Waals surface area (Å²) in [6.07, 6.45) is 6.69. The first-order chi connectivity index (χ1) is 8.78. The van der Waals surface area contributed by atoms with E-state index >= 15 is 0 Å². The van der Waals surface area contributed by atoms with E-state index in [9.17, 15) is 0 Å². The number of nitrogens with zero attached hydrogens (tertiary/aromatic N) is 2. The Morgan fingerprint density at radius 3 is 3.11 bits per heavy atom. The van der Waals surface area contributed by atoms with Crippen LogP contribution in [-0.2, 0) is 6.54 Å². The van der Waals surface area contributed by atoms with E-state index in [0.717, 1.165) is 17.6 Å². The van der Waals surface area contributed by atoms with Crippen molar-refractivity contribution < 1.29 is 4.52 Å². The van der Waals surface area contributed by atoms with Gasteiger partial charge >= 0.3 is 0 Å². The number of hydrogen-bond acceptors (Lipinski definition) is 3. The number of rotatable bonds is 3. The van der Waals surface area contributed by atoms with Gasteiger partial charge in [0.25, 0.3) is 0 Å². The smallest absolute Gasteiger partial charge is 0.191 e. The molecule has 0 aromatic carbocycles. The fraction of sp³-hybridized carbons (Fsp3) is 0.692. The van der Waals surface area contributed by atoms with Gasteiger partial charge in [-0.25, -0.2) is 0 Å². The summed E-state index contributed by atoms with van der Waals surface area (Å²) in [5, 5.41) is 10.6. The topological polar surface area (TPSA) is 62.5 Å². The Morgan fingerprint density at radius 2 is 2.44 bits per heavy atom. The normalized spacial score (nSPS) is 24.9. The van der Waals surface area contributed by atoms with Crippen molar-refractivity contribution in [2.24, 2.45) is 10.9 Å². The fourth-order valence-corrected chi connectivity index (χ4v) is 2.46. The largest absolute Gasteiger partial charge is 0.364 e. The molecule has 1 heterocycles. The Morgan fingerprint density at radius 1 is 1.56 bits per heavy atom. The maximum absolute atomic E-state index is 4.79. The van der Waals surface area contributed by atoms with E-state index in [4.69, 9.17) is 4.52 Å². The molecule has 2 rings (SSSR count). The van der Waals surface area contributed by atoms with Crippen molar-refractivity contribution in [3.05, 3.63) is 18.0 Å². The molecule has 5 heteroatoms. The highest BCUT2D eigenvalue weighted by Gasteiger charge is 2.19. The van der Waals surface area contributed by atoms with Crippen molar-refractivity contribution in [2.75, 3.05) is 7.05 Å². The first kappa shape index (κ1) is 12.9. The van der Waals surface area contributed by atoms with Crippen molar-refractivity contribution in [3.63, 3.8) is 0 Å². The van der Waals surface area contributed by atoms with Crippen molar-refractivity contribution in [2.45, 2.75) is 45.2 Å². The molecule has 2 atom stereocenters. The highest BCUT2D eigenvalue weighted by Crippen LogP contribution is 2.23. The van der Waals surface area contributed by atoms with Crippen LogP contribution in [0.2, 0.25) is 0 Å². The SMILES string of the molecule is CN=C(NCc1ccon1)NC1CCCC(C)C1. The average Bonchev–Trinajstić information content (AvgIpc) is 2.87. The van der Waals surface area contributed by atoms with Crippen LogP contribution in [0.5, 0.6) is 0 Å². The highest BCUT2D eigenvalue weighted by molar-refractivity contribution is 5.79. The zero-order valence-corrected chi connectivity index (χ0v) is 11.1. The molecule has 1 aliphatic rings. The fourth-order valence-electron chi connectivity index (χ4n) is 2.46. The lowest BCUT2D eigenvalue weighted by molar-refractivity contribution is 0.324. The summed E-state index contributed by atoms with van der Waals surface area (Å²) >= 11 is 0. The first-order valence-corrected chi connectivity index (χ1v) is 6.64. The van der Waals surface area contributed by atoms with Gasteiger partial charge in [0.15, 0.2) is 5.96 Å². The van der Waals surface area contributed by atoms with Crippen LogP contribution in [0.4, 0.5) is 0 Å². The number of nitrogens with one attached hydrogen (secondary N) is 2. The zero-order chi connectivity index (χ0) is 12.8. The van der Waals surface area contributed by atoms with Gasteiger partial charge in [0.1, 0.15) is 12.0 Å². The zero-order valence-electron chi connectivity index (χ0n) is 11.1. The molecule has 5 nitrogen and oxygen atoms in total. The van der Waals surface area contributed by atoms with Gasteiger partial charge in [-0.05, 0) is 18.8 Å². The minimum absolute atomic E-state index is 0.539. The molecule has 0 bridgehead atoms. The van der Waals surface area contributed by atoms with E-state index in [1.165, 1.54) is 25.7 Å². The predicted octanol–water partition coefficient (Wildman–Crippen LogP) is 1.92. The molecule has 0 amide bonds. The molecule has 1 fully saturated rings. The van der Waals surface area contributed by atoms with E-state index in [2.05, 4.69) is 27.7 Å². The Balaban J connectivity index is 1.78. The first-order valence-electron chi connectivity index (χ1n) is 6.64. The predicted molar refractivity (Wildman–Crippen MR) is 71.3 cm³/mol. The van der Waals surface area contributed by atoms with E-state index < -0.39 is 0 Å². The molecule has 18 heavy (non-hydrogen) atoms. The standard InChI is InChI=1S/C13H22N4O/c1-10-4-3-5-11(8-10)16-13(14-2)15-9-12-6-7-18-17-12/h6-7,10-11H,3-5,8-9H2,1-2H3,(H2,14,15,16). The Hall–Kier alpha value is -1.52. The number of aromatic nitrogens is 1. The molecule has 1 aromatic heterocycles. The van der Waals surface area contributed by atoms with Crippen molar-refractivity contribution in [1.29, 1.82) is 0 Å². The van der Waals surface area contributed by atoms with E-state index in [1.54, 1.807) is 13.3 Å². The molecule has 0 radical (unpaired) electrons. The van der Waals surface area contributed by atoms with Gasteiger partial charge in [-0.1, -0.05) is 24.9 Å². The van der Waals surface area contributed by atoms with Crippen molar-refractivity contribution in [3.8, 4) is 0 Å². The van der Waals surface area contributed by atoms with Gasteiger partial charge in [-0.2, -0.15) is 0 Å². The van der Waals surface area contributed by atoms with Crippen LogP contribution in [0.15, 0.2) is 21.8 Å². The molecule has 2 unspecified atom stereocenters. The maximum atomic E-state index is 4.79. The Kier molecular flexibility index (Phi) is 4.61. The molecule has 1 aromatic rings. The third kappa shape index (κ3) is 3.75. The summed E-state index contributed by atoms with van der Waals surface area (Å²) in [5.41, 5.74) is 0.884. The molecule has 100 valence electrons. The second kappa shape index (κ2) is 6.42. The maximum Gasteiger partial charge on any atom is 0.191 e. The van der Waals surface area contributed by atoms with Gasteiger partial charge in [-0.3, -0.25) is 4.99 Å². The van der Waals surface area contributed by atoms with Gasteiger partial charge in [0, 0.05) is 19.2 Å². The Labute approximate surface area is 108 Å². The van der Waals surface area contributed by atoms with Gasteiger partial charge in [-0.15, -0.1) is 0 Å². The third-order valence-electron chi connectivity index (χ3n) is 3.43. The van der Waals surface area contributed by atoms with E-state index in [-0.39, 0.29) is 0 Å². The van der Waals surface area contributed by atoms with Crippen LogP contribution < -0.4 is 10.6 Å². The summed E-state index contributed by atoms with van der Waals surface area (Å²) < 4.78 is 4.79. The third-order valence-corrected chi connectivity index (χ3v) is 3.43. The van der Waals surface area contributed by atoms with Crippen LogP contribution in [0, 0.1) is 5.92 Å². The van der Waals surface area contributed by atoms with Gasteiger partial charge in [0.2, 0.25) is 0 Å². The lowest BCUT2D eigenvalue weighted by atomic mass is 9.87. The van der Waals surface area contributed by atoms with E-state index in [0.29, 0.717) is 12.6 Å². The summed E-state index contributed by atoms with van der Waals surface area (Å²) in [4.78, 5) is 4.24. The second-order valence-electron chi connectivity index (χ2n) is 5.03. The lowest BCUT2D eigenvalue weighted by Crippen LogP contribution is -2.44. The van der Waals surface area contributed by atoms with Crippen LogP contribution in [0.3, 0.4) is 0 Å². The van der Waals surface area contributed by atoms with Gasteiger partial charge < -0.3 is 15.2 Å². The van der Waals surface area contributed by atoms with Crippen molar-refractivity contribution in [1.82, 2.24) is 15.8 Å². The highest BCUT2D eigenvalue weighted by atomic mass is 16.5. The summed E-state index contributed by atoms with van der Waals surface area (Å²) in [6, 6.07) is 2.39. The minimum atomic E-state index is 0.539. The monoisotopic (exact) mass is 250 g/mol. The summed E-state index contributed by atoms with van der Waals surface area (Å²) in [7, 11) is 1.80.